The first-order valence-electron chi connectivity index (χ1n) is 8.46. The van der Waals surface area contributed by atoms with Crippen LogP contribution in [-0.2, 0) is 11.3 Å². The van der Waals surface area contributed by atoms with Crippen LogP contribution in [0.5, 0.6) is 5.75 Å². The summed E-state index contributed by atoms with van der Waals surface area (Å²) in [6.07, 6.45) is 0. The van der Waals surface area contributed by atoms with Gasteiger partial charge in [-0.15, -0.1) is 0 Å². The van der Waals surface area contributed by atoms with E-state index in [1.807, 2.05) is 30.3 Å². The summed E-state index contributed by atoms with van der Waals surface area (Å²) >= 11 is 0. The van der Waals surface area contributed by atoms with Gasteiger partial charge >= 0.3 is 0 Å². The molecule has 0 unspecified atom stereocenters. The molecule has 0 spiro atoms. The molecule has 4 rings (SSSR count). The minimum Gasteiger partial charge on any atom is -0.497 e. The smallest absolute Gasteiger partial charge is 0.299 e. The van der Waals surface area contributed by atoms with Crippen LogP contribution >= 0.6 is 0 Å². The minimum atomic E-state index is -0.544. The Labute approximate surface area is 155 Å². The molecular formula is C22H16FNO3. The normalized spacial score (nSPS) is 13.0. The zero-order valence-corrected chi connectivity index (χ0v) is 14.6. The zero-order valence-electron chi connectivity index (χ0n) is 14.6. The topological polar surface area (TPSA) is 46.6 Å². The molecule has 0 fully saturated rings. The molecule has 0 saturated carbocycles. The van der Waals surface area contributed by atoms with Crippen LogP contribution in [0.1, 0.15) is 15.9 Å². The van der Waals surface area contributed by atoms with Crippen molar-refractivity contribution >= 4 is 17.4 Å². The largest absolute Gasteiger partial charge is 0.497 e. The maximum atomic E-state index is 13.1. The molecule has 3 aromatic rings. The van der Waals surface area contributed by atoms with Gasteiger partial charge in [0.15, 0.2) is 0 Å². The van der Waals surface area contributed by atoms with Gasteiger partial charge in [0.1, 0.15) is 11.6 Å². The van der Waals surface area contributed by atoms with Crippen LogP contribution in [0.3, 0.4) is 0 Å². The van der Waals surface area contributed by atoms with Crippen molar-refractivity contribution in [2.75, 3.05) is 12.0 Å². The van der Waals surface area contributed by atoms with Gasteiger partial charge in [0.05, 0.1) is 24.9 Å². The summed E-state index contributed by atoms with van der Waals surface area (Å²) in [6, 6.07) is 18.7. The number of halogens is 1. The molecule has 3 aromatic carbocycles. The van der Waals surface area contributed by atoms with Gasteiger partial charge in [0.25, 0.3) is 11.7 Å². The summed E-state index contributed by atoms with van der Waals surface area (Å²) in [5.41, 5.74) is 3.41. The van der Waals surface area contributed by atoms with E-state index in [0.29, 0.717) is 17.8 Å². The fourth-order valence-electron chi connectivity index (χ4n) is 3.19. The Balaban J connectivity index is 1.66. The number of hydrogen-bond donors (Lipinski definition) is 0. The van der Waals surface area contributed by atoms with Gasteiger partial charge in [0, 0.05) is 0 Å². The number of ether oxygens (including phenoxy) is 1. The molecule has 0 saturated heterocycles. The molecule has 1 aliphatic rings. The van der Waals surface area contributed by atoms with Gasteiger partial charge in [-0.05, 0) is 53.1 Å². The molecule has 1 heterocycles. The third kappa shape index (κ3) is 3.08. The van der Waals surface area contributed by atoms with E-state index in [1.165, 1.54) is 17.0 Å². The average molecular weight is 361 g/mol. The van der Waals surface area contributed by atoms with Gasteiger partial charge in [-0.2, -0.15) is 0 Å². The number of anilines is 1. The summed E-state index contributed by atoms with van der Waals surface area (Å²) in [5, 5.41) is 0. The number of Topliss-reactive ketones (excluding diaryl/α,β-unsaturated/α-hetero) is 1. The van der Waals surface area contributed by atoms with Crippen molar-refractivity contribution in [1.29, 1.82) is 0 Å². The van der Waals surface area contributed by atoms with Gasteiger partial charge in [-0.3, -0.25) is 9.59 Å². The second kappa shape index (κ2) is 6.68. The first-order valence-corrected chi connectivity index (χ1v) is 8.46. The van der Waals surface area contributed by atoms with E-state index < -0.39 is 11.7 Å². The molecule has 5 heteroatoms. The quantitative estimate of drug-likeness (QED) is 0.654. The Morgan fingerprint density at radius 2 is 1.56 bits per heavy atom. The van der Waals surface area contributed by atoms with Crippen LogP contribution < -0.4 is 9.64 Å². The van der Waals surface area contributed by atoms with Crippen molar-refractivity contribution in [1.82, 2.24) is 0 Å². The predicted octanol–water partition coefficient (Wildman–Crippen LogP) is 4.23. The molecule has 1 aliphatic heterocycles. The number of ketones is 1. The molecule has 134 valence electrons. The average Bonchev–Trinajstić information content (AvgIpc) is 2.93. The maximum absolute atomic E-state index is 13.1. The Morgan fingerprint density at radius 3 is 2.22 bits per heavy atom. The van der Waals surface area contributed by atoms with Crippen molar-refractivity contribution in [2.24, 2.45) is 0 Å². The summed E-state index contributed by atoms with van der Waals surface area (Å²) in [6.45, 7) is 0.303. The van der Waals surface area contributed by atoms with Gasteiger partial charge in [-0.25, -0.2) is 4.39 Å². The fourth-order valence-corrected chi connectivity index (χ4v) is 3.19. The lowest BCUT2D eigenvalue weighted by molar-refractivity contribution is -0.114. The van der Waals surface area contributed by atoms with Crippen LogP contribution in [0.2, 0.25) is 0 Å². The van der Waals surface area contributed by atoms with Crippen LogP contribution in [-0.4, -0.2) is 18.8 Å². The fraction of sp³-hybridized carbons (Fsp3) is 0.0909. The molecule has 1 amide bonds. The monoisotopic (exact) mass is 361 g/mol. The van der Waals surface area contributed by atoms with E-state index in [9.17, 15) is 14.0 Å². The zero-order chi connectivity index (χ0) is 19.0. The second-order valence-electron chi connectivity index (χ2n) is 6.31. The van der Waals surface area contributed by atoms with Crippen LogP contribution in [0, 0.1) is 5.82 Å². The third-order valence-corrected chi connectivity index (χ3v) is 4.65. The number of rotatable bonds is 4. The molecule has 0 radical (unpaired) electrons. The standard InChI is InChI=1S/C22H16FNO3/c1-27-18-9-2-14(3-10-18)13-24-20-11-6-16(12-19(20)21(25)22(24)26)15-4-7-17(23)8-5-15/h2-12H,13H2,1H3. The minimum absolute atomic E-state index is 0.303. The Morgan fingerprint density at radius 1 is 0.889 bits per heavy atom. The number of methoxy groups -OCH3 is 1. The molecule has 0 aromatic heterocycles. The summed E-state index contributed by atoms with van der Waals surface area (Å²) in [5.74, 6) is -0.664. The highest BCUT2D eigenvalue weighted by molar-refractivity contribution is 6.52. The van der Waals surface area contributed by atoms with E-state index in [4.69, 9.17) is 4.74 Å². The van der Waals surface area contributed by atoms with E-state index >= 15 is 0 Å². The number of carbonyl (C=O) groups is 2. The highest BCUT2D eigenvalue weighted by Gasteiger charge is 2.35. The molecule has 27 heavy (non-hydrogen) atoms. The second-order valence-corrected chi connectivity index (χ2v) is 6.31. The van der Waals surface area contributed by atoms with Crippen molar-refractivity contribution in [3.8, 4) is 16.9 Å². The van der Waals surface area contributed by atoms with E-state index in [1.54, 1.807) is 31.4 Å². The number of amides is 1. The van der Waals surface area contributed by atoms with E-state index in [0.717, 1.165) is 22.4 Å². The molecular weight excluding hydrogens is 345 g/mol. The number of carbonyl (C=O) groups excluding carboxylic acids is 2. The first-order chi connectivity index (χ1) is 13.1. The van der Waals surface area contributed by atoms with Crippen LogP contribution in [0.25, 0.3) is 11.1 Å². The number of fused-ring (bicyclic) bond motifs is 1. The molecule has 0 bridgehead atoms. The Bertz CT molecular complexity index is 1030. The SMILES string of the molecule is COc1ccc(CN2C(=O)C(=O)c3cc(-c4ccc(F)cc4)ccc32)cc1. The van der Waals surface area contributed by atoms with Crippen molar-refractivity contribution in [3.63, 3.8) is 0 Å². The van der Waals surface area contributed by atoms with Gasteiger partial charge in [-0.1, -0.05) is 30.3 Å². The van der Waals surface area contributed by atoms with Crippen molar-refractivity contribution in [2.45, 2.75) is 6.54 Å². The lowest BCUT2D eigenvalue weighted by Gasteiger charge is -2.17. The maximum Gasteiger partial charge on any atom is 0.299 e. The Hall–Kier alpha value is -3.47. The molecule has 0 N–H and O–H groups in total. The van der Waals surface area contributed by atoms with Gasteiger partial charge < -0.3 is 9.64 Å². The van der Waals surface area contributed by atoms with E-state index in [2.05, 4.69) is 0 Å². The highest BCUT2D eigenvalue weighted by atomic mass is 19.1. The summed E-state index contributed by atoms with van der Waals surface area (Å²) < 4.78 is 18.3. The molecule has 4 nitrogen and oxygen atoms in total. The molecule has 0 atom stereocenters. The molecule has 0 aliphatic carbocycles. The summed E-state index contributed by atoms with van der Waals surface area (Å²) in [7, 11) is 1.59. The number of benzene rings is 3. The Kier molecular flexibility index (Phi) is 4.20. The van der Waals surface area contributed by atoms with Crippen LogP contribution in [0.15, 0.2) is 66.7 Å². The number of nitrogens with zero attached hydrogens (tertiary/aromatic N) is 1. The van der Waals surface area contributed by atoms with E-state index in [-0.39, 0.29) is 5.82 Å². The third-order valence-electron chi connectivity index (χ3n) is 4.65. The predicted molar refractivity (Wildman–Crippen MR) is 100 cm³/mol. The van der Waals surface area contributed by atoms with Gasteiger partial charge in [0.2, 0.25) is 0 Å². The van der Waals surface area contributed by atoms with Crippen LogP contribution in [0.4, 0.5) is 10.1 Å². The summed E-state index contributed by atoms with van der Waals surface area (Å²) in [4.78, 5) is 26.4. The lowest BCUT2D eigenvalue weighted by atomic mass is 10.0. The first kappa shape index (κ1) is 17.0. The van der Waals surface area contributed by atoms with Crippen molar-refractivity contribution < 1.29 is 18.7 Å². The van der Waals surface area contributed by atoms with Crippen molar-refractivity contribution in [3.05, 3.63) is 83.7 Å². The lowest BCUT2D eigenvalue weighted by Crippen LogP contribution is -2.29. The highest BCUT2D eigenvalue weighted by Crippen LogP contribution is 2.34. The number of hydrogen-bond acceptors (Lipinski definition) is 3.